The van der Waals surface area contributed by atoms with E-state index in [1.165, 1.54) is 0 Å². The van der Waals surface area contributed by atoms with Crippen molar-refractivity contribution in [3.05, 3.63) is 0 Å². The molecule has 1 aliphatic carbocycles. The molecule has 2 heterocycles. The highest BCUT2D eigenvalue weighted by Crippen LogP contribution is 2.46. The Morgan fingerprint density at radius 2 is 1.92 bits per heavy atom. The number of fused-ring (bicyclic) bond motifs is 3. The van der Waals surface area contributed by atoms with Gasteiger partial charge in [0.15, 0.2) is 17.7 Å². The summed E-state index contributed by atoms with van der Waals surface area (Å²) >= 11 is 0. The second-order valence-corrected chi connectivity index (χ2v) is 3.94. The van der Waals surface area contributed by atoms with Crippen LogP contribution in [0.4, 0.5) is 0 Å². The molecule has 0 spiro atoms. The minimum Gasteiger partial charge on any atom is -0.358 e. The smallest absolute Gasteiger partial charge is 0.195 e. The Hall–Kier alpha value is -0.450. The van der Waals surface area contributed by atoms with E-state index < -0.39 is 5.79 Å². The highest BCUT2D eigenvalue weighted by Gasteiger charge is 2.68. The van der Waals surface area contributed by atoms with Crippen molar-refractivity contribution in [2.45, 2.75) is 44.1 Å². The van der Waals surface area contributed by atoms with Gasteiger partial charge in [0.05, 0.1) is 0 Å². The highest BCUT2D eigenvalue weighted by atomic mass is 16.8. The van der Waals surface area contributed by atoms with Crippen LogP contribution in [0.1, 0.15) is 13.8 Å². The average molecular weight is 170 g/mol. The Kier molecular flexibility index (Phi) is 1.01. The molecule has 0 N–H and O–H groups in total. The topological polar surface area (TPSA) is 48.1 Å². The summed E-state index contributed by atoms with van der Waals surface area (Å²) in [5, 5.41) is 0. The van der Waals surface area contributed by atoms with Gasteiger partial charge in [0.2, 0.25) is 0 Å². The lowest BCUT2D eigenvalue weighted by molar-refractivity contribution is -0.157. The van der Waals surface area contributed by atoms with Crippen molar-refractivity contribution < 1.29 is 19.0 Å². The lowest BCUT2D eigenvalue weighted by atomic mass is 10.2. The first-order chi connectivity index (χ1) is 5.58. The molecule has 66 valence electrons. The molecule has 2 saturated heterocycles. The fourth-order valence-corrected chi connectivity index (χ4v) is 2.01. The number of rotatable bonds is 0. The maximum absolute atomic E-state index is 11.4. The van der Waals surface area contributed by atoms with E-state index >= 15 is 0 Å². The molecule has 4 heteroatoms. The molecule has 1 saturated carbocycles. The van der Waals surface area contributed by atoms with Gasteiger partial charge in [0, 0.05) is 0 Å². The van der Waals surface area contributed by atoms with Crippen molar-refractivity contribution >= 4 is 5.78 Å². The Labute approximate surface area is 69.8 Å². The Morgan fingerprint density at radius 3 is 2.58 bits per heavy atom. The summed E-state index contributed by atoms with van der Waals surface area (Å²) in [4.78, 5) is 11.4. The van der Waals surface area contributed by atoms with Crippen molar-refractivity contribution in [1.29, 1.82) is 0 Å². The van der Waals surface area contributed by atoms with Crippen LogP contribution in [0.3, 0.4) is 0 Å². The van der Waals surface area contributed by atoms with E-state index in [-0.39, 0.29) is 30.2 Å². The zero-order valence-electron chi connectivity index (χ0n) is 6.94. The molecular formula is C8H10O4. The van der Waals surface area contributed by atoms with E-state index in [2.05, 4.69) is 0 Å². The minimum atomic E-state index is -0.623. The summed E-state index contributed by atoms with van der Waals surface area (Å²) in [6, 6.07) is 0. The molecule has 0 amide bonds. The summed E-state index contributed by atoms with van der Waals surface area (Å²) in [6.45, 7) is 3.63. The number of carbonyl (C=O) groups is 1. The predicted molar refractivity (Wildman–Crippen MR) is 37.5 cm³/mol. The Bertz CT molecular complexity index is 260. The van der Waals surface area contributed by atoms with Gasteiger partial charge < -0.3 is 14.2 Å². The predicted octanol–water partition coefficient (Wildman–Crippen LogP) is -0.143. The van der Waals surface area contributed by atoms with Crippen LogP contribution in [0.2, 0.25) is 0 Å². The summed E-state index contributed by atoms with van der Waals surface area (Å²) < 4.78 is 16.1. The number of hydrogen-bond acceptors (Lipinski definition) is 4. The molecule has 0 aromatic heterocycles. The molecule has 0 bridgehead atoms. The number of ketones is 1. The van der Waals surface area contributed by atoms with Gasteiger partial charge in [-0.3, -0.25) is 4.79 Å². The third kappa shape index (κ3) is 0.701. The first-order valence-electron chi connectivity index (χ1n) is 4.13. The van der Waals surface area contributed by atoms with Gasteiger partial charge in [-0.05, 0) is 13.8 Å². The summed E-state index contributed by atoms with van der Waals surface area (Å²) in [7, 11) is 0. The third-order valence-corrected chi connectivity index (χ3v) is 2.54. The summed E-state index contributed by atoms with van der Waals surface area (Å²) in [5.74, 6) is -0.572. The van der Waals surface area contributed by atoms with Crippen LogP contribution in [-0.2, 0) is 19.0 Å². The number of carbonyl (C=O) groups excluding carboxylic acids is 1. The van der Waals surface area contributed by atoms with Crippen molar-refractivity contribution in [2.75, 3.05) is 0 Å². The van der Waals surface area contributed by atoms with Gasteiger partial charge >= 0.3 is 0 Å². The van der Waals surface area contributed by atoms with E-state index in [9.17, 15) is 4.79 Å². The fourth-order valence-electron chi connectivity index (χ4n) is 2.01. The molecule has 3 rings (SSSR count). The van der Waals surface area contributed by atoms with Crippen LogP contribution >= 0.6 is 0 Å². The molecule has 2 aliphatic heterocycles. The molecule has 4 atom stereocenters. The molecule has 0 aromatic rings. The van der Waals surface area contributed by atoms with E-state index in [0.717, 1.165) is 0 Å². The number of hydrogen-bond donors (Lipinski definition) is 0. The molecule has 4 nitrogen and oxygen atoms in total. The lowest BCUT2D eigenvalue weighted by Crippen LogP contribution is -2.29. The van der Waals surface area contributed by atoms with E-state index in [1.807, 2.05) is 13.8 Å². The molecule has 12 heavy (non-hydrogen) atoms. The van der Waals surface area contributed by atoms with Crippen LogP contribution in [0.25, 0.3) is 0 Å². The normalized spacial score (nSPS) is 53.7. The number of Topliss-reactive ketones (excluding diaryl/α,β-unsaturated/α-hetero) is 1. The maximum atomic E-state index is 11.4. The molecular weight excluding hydrogens is 160 g/mol. The van der Waals surface area contributed by atoms with Crippen LogP contribution in [-0.4, -0.2) is 36.0 Å². The zero-order valence-corrected chi connectivity index (χ0v) is 6.94. The molecule has 0 radical (unpaired) electrons. The van der Waals surface area contributed by atoms with Crippen molar-refractivity contribution in [1.82, 2.24) is 0 Å². The van der Waals surface area contributed by atoms with Gasteiger partial charge in [-0.25, -0.2) is 0 Å². The van der Waals surface area contributed by atoms with E-state index in [1.54, 1.807) is 0 Å². The van der Waals surface area contributed by atoms with Crippen LogP contribution in [0.15, 0.2) is 0 Å². The lowest BCUT2D eigenvalue weighted by Gasteiger charge is -2.16. The van der Waals surface area contributed by atoms with E-state index in [0.29, 0.717) is 0 Å². The Balaban J connectivity index is 1.91. The second-order valence-electron chi connectivity index (χ2n) is 3.94. The molecule has 3 aliphatic rings. The van der Waals surface area contributed by atoms with Gasteiger partial charge in [0.25, 0.3) is 0 Å². The standard InChI is InChI=1S/C8H10O4/c1-8(2)11-5-3(9)4-6(10-4)7(5)12-8/h4-7H,1-2H3/t4-,5-,6-,7-/m1/s1. The number of ether oxygens (including phenoxy) is 3. The SMILES string of the molecule is CC1(C)O[C@H]2[C@@H]3O[C@@H]3C(=O)[C@H]2O1. The van der Waals surface area contributed by atoms with Gasteiger partial charge in [0.1, 0.15) is 18.3 Å². The largest absolute Gasteiger partial charge is 0.358 e. The third-order valence-electron chi connectivity index (χ3n) is 2.54. The van der Waals surface area contributed by atoms with Crippen molar-refractivity contribution in [3.8, 4) is 0 Å². The molecule has 0 aromatic carbocycles. The molecule has 3 fully saturated rings. The van der Waals surface area contributed by atoms with Crippen molar-refractivity contribution in [3.63, 3.8) is 0 Å². The quantitative estimate of drug-likeness (QED) is 0.474. The van der Waals surface area contributed by atoms with Gasteiger partial charge in [-0.15, -0.1) is 0 Å². The first-order valence-corrected chi connectivity index (χ1v) is 4.13. The average Bonchev–Trinajstić information content (AvgIpc) is 2.62. The number of epoxide rings is 1. The fraction of sp³-hybridized carbons (Fsp3) is 0.875. The van der Waals surface area contributed by atoms with E-state index in [4.69, 9.17) is 14.2 Å². The van der Waals surface area contributed by atoms with Crippen molar-refractivity contribution in [2.24, 2.45) is 0 Å². The van der Waals surface area contributed by atoms with Crippen LogP contribution in [0, 0.1) is 0 Å². The summed E-state index contributed by atoms with van der Waals surface area (Å²) in [5.41, 5.74) is 0. The Morgan fingerprint density at radius 1 is 1.17 bits per heavy atom. The zero-order chi connectivity index (χ0) is 8.51. The monoisotopic (exact) mass is 170 g/mol. The second kappa shape index (κ2) is 1.73. The molecule has 0 unspecified atom stereocenters. The highest BCUT2D eigenvalue weighted by molar-refractivity contribution is 5.94. The van der Waals surface area contributed by atoms with Gasteiger partial charge in [-0.2, -0.15) is 0 Å². The van der Waals surface area contributed by atoms with Crippen LogP contribution in [0.5, 0.6) is 0 Å². The maximum Gasteiger partial charge on any atom is 0.195 e. The van der Waals surface area contributed by atoms with Gasteiger partial charge in [-0.1, -0.05) is 0 Å². The first kappa shape index (κ1) is 7.00. The van der Waals surface area contributed by atoms with Crippen LogP contribution < -0.4 is 0 Å². The minimum absolute atomic E-state index is 0.0238. The summed E-state index contributed by atoms with van der Waals surface area (Å²) in [6.07, 6.45) is -0.776.